The molecule has 0 atom stereocenters. The van der Waals surface area contributed by atoms with E-state index in [1.807, 2.05) is 6.92 Å². The molecule has 2 rings (SSSR count). The van der Waals surface area contributed by atoms with Crippen molar-refractivity contribution >= 4 is 0 Å². The van der Waals surface area contributed by atoms with Gasteiger partial charge in [0.05, 0.1) is 13.7 Å². The fourth-order valence-electron chi connectivity index (χ4n) is 1.75. The van der Waals surface area contributed by atoms with Crippen LogP contribution in [0.4, 0.5) is 0 Å². The van der Waals surface area contributed by atoms with Crippen LogP contribution in [0.5, 0.6) is 11.5 Å². The Morgan fingerprint density at radius 1 is 1.37 bits per heavy atom. The van der Waals surface area contributed by atoms with Crippen molar-refractivity contribution in [3.8, 4) is 11.5 Å². The summed E-state index contributed by atoms with van der Waals surface area (Å²) in [6.07, 6.45) is 1.50. The Labute approximate surface area is 111 Å². The average Bonchev–Trinajstić information content (AvgIpc) is 2.92. The van der Waals surface area contributed by atoms with Gasteiger partial charge in [-0.05, 0) is 25.1 Å². The molecule has 102 valence electrons. The second kappa shape index (κ2) is 6.19. The fourth-order valence-corrected chi connectivity index (χ4v) is 1.75. The summed E-state index contributed by atoms with van der Waals surface area (Å²) in [5.41, 5.74) is 0.682. The van der Waals surface area contributed by atoms with E-state index < -0.39 is 0 Å². The van der Waals surface area contributed by atoms with Crippen LogP contribution < -0.4 is 9.47 Å². The van der Waals surface area contributed by atoms with E-state index in [-0.39, 0.29) is 6.61 Å². The number of hydrogen-bond donors (Lipinski definition) is 1. The van der Waals surface area contributed by atoms with E-state index in [1.165, 1.54) is 6.33 Å². The lowest BCUT2D eigenvalue weighted by Crippen LogP contribution is -2.08. The van der Waals surface area contributed by atoms with Crippen molar-refractivity contribution in [2.45, 2.75) is 26.7 Å². The average molecular weight is 263 g/mol. The lowest BCUT2D eigenvalue weighted by Gasteiger charge is -2.11. The molecule has 0 fully saturated rings. The highest BCUT2D eigenvalue weighted by Crippen LogP contribution is 2.24. The molecular formula is C13H17N3O3. The lowest BCUT2D eigenvalue weighted by molar-refractivity contribution is 0.251. The number of methoxy groups -OCH3 is 1. The van der Waals surface area contributed by atoms with Crippen molar-refractivity contribution in [2.75, 3.05) is 7.11 Å². The van der Waals surface area contributed by atoms with Crippen molar-refractivity contribution in [1.29, 1.82) is 0 Å². The molecule has 0 saturated heterocycles. The number of aryl methyl sites for hydroxylation is 1. The minimum absolute atomic E-state index is 0.104. The first-order valence-corrected chi connectivity index (χ1v) is 6.05. The van der Waals surface area contributed by atoms with Crippen LogP contribution in [0.3, 0.4) is 0 Å². The minimum atomic E-state index is -0.104. The van der Waals surface area contributed by atoms with Gasteiger partial charge in [0.2, 0.25) is 0 Å². The monoisotopic (exact) mass is 263 g/mol. The molecule has 0 unspecified atom stereocenters. The zero-order valence-corrected chi connectivity index (χ0v) is 11.0. The Morgan fingerprint density at radius 3 is 2.89 bits per heavy atom. The Morgan fingerprint density at radius 2 is 2.21 bits per heavy atom. The molecule has 0 saturated carbocycles. The largest absolute Gasteiger partial charge is 0.497 e. The maximum Gasteiger partial charge on any atom is 0.164 e. The van der Waals surface area contributed by atoms with Crippen LogP contribution in [-0.4, -0.2) is 27.0 Å². The summed E-state index contributed by atoms with van der Waals surface area (Å²) >= 11 is 0. The van der Waals surface area contributed by atoms with Gasteiger partial charge in [0.25, 0.3) is 0 Å². The van der Waals surface area contributed by atoms with E-state index in [1.54, 1.807) is 30.0 Å². The molecule has 0 aliphatic carbocycles. The topological polar surface area (TPSA) is 69.4 Å². The first kappa shape index (κ1) is 13.4. The fraction of sp³-hybridized carbons (Fsp3) is 0.385. The minimum Gasteiger partial charge on any atom is -0.497 e. The predicted molar refractivity (Wildman–Crippen MR) is 68.9 cm³/mol. The summed E-state index contributed by atoms with van der Waals surface area (Å²) in [5, 5.41) is 13.4. The Kier molecular flexibility index (Phi) is 4.35. The van der Waals surface area contributed by atoms with Crippen molar-refractivity contribution in [2.24, 2.45) is 0 Å². The molecular weight excluding hydrogens is 246 g/mol. The van der Waals surface area contributed by atoms with Gasteiger partial charge in [-0.25, -0.2) is 9.67 Å². The molecule has 1 heterocycles. The summed E-state index contributed by atoms with van der Waals surface area (Å²) < 4.78 is 12.5. The van der Waals surface area contributed by atoms with Gasteiger partial charge in [0.1, 0.15) is 24.4 Å². The molecule has 6 heteroatoms. The van der Waals surface area contributed by atoms with Gasteiger partial charge < -0.3 is 14.6 Å². The van der Waals surface area contributed by atoms with Crippen LogP contribution >= 0.6 is 0 Å². The van der Waals surface area contributed by atoms with Gasteiger partial charge in [-0.1, -0.05) is 0 Å². The first-order valence-electron chi connectivity index (χ1n) is 6.05. The summed E-state index contributed by atoms with van der Waals surface area (Å²) in [7, 11) is 1.58. The molecule has 0 aliphatic heterocycles. The number of aliphatic hydroxyl groups is 1. The SMILES string of the molecule is CCn1ncnc1COc1ccc(OC)cc1CO. The van der Waals surface area contributed by atoms with Crippen LogP contribution in [0.15, 0.2) is 24.5 Å². The molecule has 6 nitrogen and oxygen atoms in total. The standard InChI is InChI=1S/C13H17N3O3/c1-3-16-13(14-9-15-16)8-19-12-5-4-11(18-2)6-10(12)7-17/h4-6,9,17H,3,7-8H2,1-2H3. The van der Waals surface area contributed by atoms with Crippen LogP contribution in [-0.2, 0) is 19.8 Å². The highest BCUT2D eigenvalue weighted by atomic mass is 16.5. The van der Waals surface area contributed by atoms with Gasteiger partial charge in [-0.2, -0.15) is 5.10 Å². The lowest BCUT2D eigenvalue weighted by atomic mass is 10.2. The number of nitrogens with zero attached hydrogens (tertiary/aromatic N) is 3. The number of ether oxygens (including phenoxy) is 2. The van der Waals surface area contributed by atoms with Gasteiger partial charge in [0.15, 0.2) is 5.82 Å². The highest BCUT2D eigenvalue weighted by molar-refractivity contribution is 5.39. The number of hydrogen-bond acceptors (Lipinski definition) is 5. The Balaban J connectivity index is 2.11. The molecule has 0 aliphatic rings. The molecule has 19 heavy (non-hydrogen) atoms. The van der Waals surface area contributed by atoms with E-state index in [4.69, 9.17) is 9.47 Å². The number of benzene rings is 1. The molecule has 0 amide bonds. The molecule has 0 bridgehead atoms. The van der Waals surface area contributed by atoms with E-state index in [0.717, 1.165) is 12.4 Å². The Bertz CT molecular complexity index is 540. The predicted octanol–water partition coefficient (Wildman–Crippen LogP) is 1.38. The third-order valence-electron chi connectivity index (χ3n) is 2.79. The number of rotatable bonds is 6. The third kappa shape index (κ3) is 3.03. The van der Waals surface area contributed by atoms with Crippen molar-refractivity contribution in [3.63, 3.8) is 0 Å². The van der Waals surface area contributed by atoms with E-state index in [9.17, 15) is 5.11 Å². The summed E-state index contributed by atoms with van der Waals surface area (Å²) in [5.74, 6) is 2.06. The number of aromatic nitrogens is 3. The zero-order chi connectivity index (χ0) is 13.7. The van der Waals surface area contributed by atoms with Crippen LogP contribution in [0, 0.1) is 0 Å². The smallest absolute Gasteiger partial charge is 0.164 e. The quantitative estimate of drug-likeness (QED) is 0.852. The van der Waals surface area contributed by atoms with Gasteiger partial charge in [-0.3, -0.25) is 0 Å². The second-order valence-corrected chi connectivity index (χ2v) is 3.91. The molecule has 1 aromatic carbocycles. The highest BCUT2D eigenvalue weighted by Gasteiger charge is 2.08. The summed E-state index contributed by atoms with van der Waals surface area (Å²) in [6.45, 7) is 2.94. The molecule has 1 aromatic heterocycles. The molecule has 0 radical (unpaired) electrons. The first-order chi connectivity index (χ1) is 9.28. The van der Waals surface area contributed by atoms with Crippen LogP contribution in [0.25, 0.3) is 0 Å². The van der Waals surface area contributed by atoms with E-state index in [0.29, 0.717) is 23.7 Å². The third-order valence-corrected chi connectivity index (χ3v) is 2.79. The molecule has 1 N–H and O–H groups in total. The summed E-state index contributed by atoms with van der Waals surface area (Å²) in [6, 6.07) is 5.32. The van der Waals surface area contributed by atoms with Crippen molar-refractivity contribution < 1.29 is 14.6 Å². The second-order valence-electron chi connectivity index (χ2n) is 3.91. The van der Waals surface area contributed by atoms with E-state index >= 15 is 0 Å². The van der Waals surface area contributed by atoms with Crippen molar-refractivity contribution in [1.82, 2.24) is 14.8 Å². The maximum atomic E-state index is 9.33. The Hall–Kier alpha value is -2.08. The van der Waals surface area contributed by atoms with Gasteiger partial charge in [-0.15, -0.1) is 0 Å². The van der Waals surface area contributed by atoms with Gasteiger partial charge >= 0.3 is 0 Å². The molecule has 2 aromatic rings. The normalized spacial score (nSPS) is 10.5. The zero-order valence-electron chi connectivity index (χ0n) is 11.0. The van der Waals surface area contributed by atoms with E-state index in [2.05, 4.69) is 10.1 Å². The van der Waals surface area contributed by atoms with Crippen molar-refractivity contribution in [3.05, 3.63) is 35.9 Å². The summed E-state index contributed by atoms with van der Waals surface area (Å²) in [4.78, 5) is 4.13. The van der Waals surface area contributed by atoms with Gasteiger partial charge in [0, 0.05) is 12.1 Å². The molecule has 0 spiro atoms. The maximum absolute atomic E-state index is 9.33. The number of aliphatic hydroxyl groups excluding tert-OH is 1. The van der Waals surface area contributed by atoms with Crippen LogP contribution in [0.1, 0.15) is 18.3 Å². The van der Waals surface area contributed by atoms with Crippen LogP contribution in [0.2, 0.25) is 0 Å².